The zero-order valence-electron chi connectivity index (χ0n) is 10.6. The van der Waals surface area contributed by atoms with Gasteiger partial charge >= 0.3 is 5.97 Å². The number of carbonyl (C=O) groups is 1. The molecule has 2 rings (SSSR count). The van der Waals surface area contributed by atoms with Gasteiger partial charge in [0, 0.05) is 6.20 Å². The van der Waals surface area contributed by atoms with Crippen molar-refractivity contribution in [1.82, 2.24) is 20.4 Å². The number of nitrogens with one attached hydrogen (secondary N) is 1. The largest absolute Gasteiger partial charge is 0.480 e. The van der Waals surface area contributed by atoms with Crippen LogP contribution in [0.1, 0.15) is 19.7 Å². The quantitative estimate of drug-likeness (QED) is 0.831. The molecule has 0 radical (unpaired) electrons. The Balaban J connectivity index is 2.05. The SMILES string of the molecule is CC(C)(NCc1nc(-c2ccccn2)no1)C(=O)O. The van der Waals surface area contributed by atoms with E-state index >= 15 is 0 Å². The van der Waals surface area contributed by atoms with Crippen molar-refractivity contribution in [1.29, 1.82) is 0 Å². The highest BCUT2D eigenvalue weighted by molar-refractivity contribution is 5.77. The third kappa shape index (κ3) is 3.14. The number of hydrogen-bond acceptors (Lipinski definition) is 6. The minimum Gasteiger partial charge on any atom is -0.480 e. The lowest BCUT2D eigenvalue weighted by atomic mass is 10.1. The molecular weight excluding hydrogens is 248 g/mol. The Kier molecular flexibility index (Phi) is 3.57. The Bertz CT molecular complexity index is 565. The first-order chi connectivity index (χ1) is 8.99. The van der Waals surface area contributed by atoms with Crippen molar-refractivity contribution in [2.75, 3.05) is 0 Å². The van der Waals surface area contributed by atoms with Crippen LogP contribution in [-0.2, 0) is 11.3 Å². The highest BCUT2D eigenvalue weighted by Gasteiger charge is 2.26. The second kappa shape index (κ2) is 5.15. The molecule has 0 aliphatic carbocycles. The third-order valence-electron chi connectivity index (χ3n) is 2.58. The number of hydrogen-bond donors (Lipinski definition) is 2. The molecule has 0 aliphatic rings. The summed E-state index contributed by atoms with van der Waals surface area (Å²) in [5.41, 5.74) is -0.449. The van der Waals surface area contributed by atoms with Gasteiger partial charge in [0.15, 0.2) is 0 Å². The number of carboxylic acid groups (broad SMARTS) is 1. The molecule has 0 amide bonds. The average Bonchev–Trinajstić information content (AvgIpc) is 2.86. The molecule has 19 heavy (non-hydrogen) atoms. The summed E-state index contributed by atoms with van der Waals surface area (Å²) in [6.07, 6.45) is 1.64. The van der Waals surface area contributed by atoms with Gasteiger partial charge < -0.3 is 9.63 Å². The smallest absolute Gasteiger partial charge is 0.323 e. The van der Waals surface area contributed by atoms with Crippen molar-refractivity contribution in [2.24, 2.45) is 0 Å². The zero-order valence-corrected chi connectivity index (χ0v) is 10.6. The van der Waals surface area contributed by atoms with Crippen LogP contribution in [0.5, 0.6) is 0 Å². The average molecular weight is 262 g/mol. The van der Waals surface area contributed by atoms with E-state index in [0.29, 0.717) is 17.4 Å². The summed E-state index contributed by atoms with van der Waals surface area (Å²) >= 11 is 0. The molecule has 0 saturated carbocycles. The van der Waals surface area contributed by atoms with E-state index in [0.717, 1.165) is 0 Å². The topological polar surface area (TPSA) is 101 Å². The molecule has 0 bridgehead atoms. The Morgan fingerprint density at radius 1 is 1.47 bits per heavy atom. The third-order valence-corrected chi connectivity index (χ3v) is 2.58. The molecule has 7 nitrogen and oxygen atoms in total. The molecule has 2 N–H and O–H groups in total. The molecule has 100 valence electrons. The molecule has 2 heterocycles. The Morgan fingerprint density at radius 2 is 2.26 bits per heavy atom. The van der Waals surface area contributed by atoms with E-state index in [2.05, 4.69) is 20.4 Å². The van der Waals surface area contributed by atoms with Gasteiger partial charge in [-0.05, 0) is 26.0 Å². The first-order valence-electron chi connectivity index (χ1n) is 5.71. The van der Waals surface area contributed by atoms with Crippen LogP contribution in [0.3, 0.4) is 0 Å². The second-order valence-corrected chi connectivity index (χ2v) is 4.51. The normalized spacial score (nSPS) is 11.5. The summed E-state index contributed by atoms with van der Waals surface area (Å²) in [6, 6.07) is 5.38. The molecule has 0 fully saturated rings. The predicted molar refractivity (Wildman–Crippen MR) is 66.1 cm³/mol. The highest BCUT2D eigenvalue weighted by Crippen LogP contribution is 2.12. The maximum Gasteiger partial charge on any atom is 0.323 e. The van der Waals surface area contributed by atoms with Gasteiger partial charge in [-0.25, -0.2) is 0 Å². The molecule has 2 aromatic heterocycles. The van der Waals surface area contributed by atoms with Crippen LogP contribution in [0.25, 0.3) is 11.5 Å². The molecular formula is C12H14N4O3. The maximum atomic E-state index is 10.9. The summed E-state index contributed by atoms with van der Waals surface area (Å²) in [6.45, 7) is 3.30. The van der Waals surface area contributed by atoms with Gasteiger partial charge in [-0.3, -0.25) is 15.1 Å². The summed E-state index contributed by atoms with van der Waals surface area (Å²) < 4.78 is 5.04. The fraction of sp³-hybridized carbons (Fsp3) is 0.333. The van der Waals surface area contributed by atoms with Crippen LogP contribution in [0.2, 0.25) is 0 Å². The Hall–Kier alpha value is -2.28. The van der Waals surface area contributed by atoms with E-state index < -0.39 is 11.5 Å². The molecule has 0 unspecified atom stereocenters. The predicted octanol–water partition coefficient (Wildman–Crippen LogP) is 1.08. The summed E-state index contributed by atoms with van der Waals surface area (Å²) in [5, 5.41) is 15.6. The van der Waals surface area contributed by atoms with Gasteiger partial charge in [0.2, 0.25) is 11.7 Å². The van der Waals surface area contributed by atoms with Crippen molar-refractivity contribution < 1.29 is 14.4 Å². The van der Waals surface area contributed by atoms with Crippen LogP contribution in [0.15, 0.2) is 28.9 Å². The first-order valence-corrected chi connectivity index (χ1v) is 5.71. The number of rotatable bonds is 5. The van der Waals surface area contributed by atoms with Gasteiger partial charge in [0.1, 0.15) is 11.2 Å². The zero-order chi connectivity index (χ0) is 13.9. The molecule has 0 saturated heterocycles. The van der Waals surface area contributed by atoms with Crippen molar-refractivity contribution >= 4 is 5.97 Å². The highest BCUT2D eigenvalue weighted by atomic mass is 16.5. The van der Waals surface area contributed by atoms with Crippen molar-refractivity contribution in [3.63, 3.8) is 0 Å². The minimum atomic E-state index is -1.06. The number of aliphatic carboxylic acids is 1. The fourth-order valence-corrected chi connectivity index (χ4v) is 1.30. The van der Waals surface area contributed by atoms with E-state index in [1.807, 2.05) is 6.07 Å². The summed E-state index contributed by atoms with van der Waals surface area (Å²) in [5.74, 6) is -0.252. The van der Waals surface area contributed by atoms with E-state index in [1.54, 1.807) is 32.2 Å². The van der Waals surface area contributed by atoms with Crippen molar-refractivity contribution in [3.05, 3.63) is 30.3 Å². The number of pyridine rings is 1. The van der Waals surface area contributed by atoms with Gasteiger partial charge in [-0.2, -0.15) is 4.98 Å². The van der Waals surface area contributed by atoms with E-state index in [9.17, 15) is 4.79 Å². The molecule has 0 aromatic carbocycles. The van der Waals surface area contributed by atoms with Crippen LogP contribution in [-0.4, -0.2) is 31.7 Å². The monoisotopic (exact) mass is 262 g/mol. The lowest BCUT2D eigenvalue weighted by Gasteiger charge is -2.19. The van der Waals surface area contributed by atoms with Crippen molar-refractivity contribution in [3.8, 4) is 11.5 Å². The molecule has 2 aromatic rings. The van der Waals surface area contributed by atoms with Crippen LogP contribution >= 0.6 is 0 Å². The van der Waals surface area contributed by atoms with Crippen LogP contribution in [0.4, 0.5) is 0 Å². The molecule has 0 spiro atoms. The van der Waals surface area contributed by atoms with Crippen molar-refractivity contribution in [2.45, 2.75) is 25.9 Å². The molecule has 0 aliphatic heterocycles. The number of aromatic nitrogens is 3. The van der Waals surface area contributed by atoms with Gasteiger partial charge in [-0.1, -0.05) is 11.2 Å². The summed E-state index contributed by atoms with van der Waals surface area (Å²) in [4.78, 5) is 19.2. The van der Waals surface area contributed by atoms with Crippen LogP contribution < -0.4 is 5.32 Å². The van der Waals surface area contributed by atoms with Crippen LogP contribution in [0, 0.1) is 0 Å². The van der Waals surface area contributed by atoms with Gasteiger partial charge in [-0.15, -0.1) is 0 Å². The first kappa shape index (κ1) is 13.2. The lowest BCUT2D eigenvalue weighted by molar-refractivity contribution is -0.143. The van der Waals surface area contributed by atoms with E-state index in [-0.39, 0.29) is 6.54 Å². The second-order valence-electron chi connectivity index (χ2n) is 4.51. The Morgan fingerprint density at radius 3 is 2.89 bits per heavy atom. The lowest BCUT2D eigenvalue weighted by Crippen LogP contribution is -2.46. The molecule has 7 heteroatoms. The molecule has 0 atom stereocenters. The fourth-order valence-electron chi connectivity index (χ4n) is 1.30. The standard InChI is InChI=1S/C12H14N4O3/c1-12(2,11(17)18)14-7-9-15-10(16-19-9)8-5-3-4-6-13-8/h3-6,14H,7H2,1-2H3,(H,17,18). The van der Waals surface area contributed by atoms with E-state index in [1.165, 1.54) is 0 Å². The maximum absolute atomic E-state index is 10.9. The minimum absolute atomic E-state index is 0.180. The Labute approximate surface area is 109 Å². The number of carboxylic acids is 1. The van der Waals surface area contributed by atoms with Gasteiger partial charge in [0.25, 0.3) is 0 Å². The van der Waals surface area contributed by atoms with E-state index in [4.69, 9.17) is 9.63 Å². The van der Waals surface area contributed by atoms with Gasteiger partial charge in [0.05, 0.1) is 6.54 Å². The summed E-state index contributed by atoms with van der Waals surface area (Å²) in [7, 11) is 0. The number of nitrogens with zero attached hydrogens (tertiary/aromatic N) is 3.